The molecule has 2 aromatic carbocycles. The second-order valence-electron chi connectivity index (χ2n) is 6.82. The summed E-state index contributed by atoms with van der Waals surface area (Å²) in [6.07, 6.45) is -4.76. The number of amides is 2. The van der Waals surface area contributed by atoms with Crippen LogP contribution in [0.15, 0.2) is 52.9 Å². The lowest BCUT2D eigenvalue weighted by molar-refractivity contribution is -0.274. The van der Waals surface area contributed by atoms with Gasteiger partial charge in [0.1, 0.15) is 12.3 Å². The fourth-order valence-corrected chi connectivity index (χ4v) is 5.00. The van der Waals surface area contributed by atoms with Crippen molar-refractivity contribution in [2.24, 2.45) is 0 Å². The van der Waals surface area contributed by atoms with Crippen LogP contribution < -0.4 is 20.3 Å². The molecule has 33 heavy (non-hydrogen) atoms. The number of thioether (sulfide) groups is 1. The number of carbonyl (C=O) groups excluding carboxylic acids is 2. The first-order chi connectivity index (χ1) is 15.7. The summed E-state index contributed by atoms with van der Waals surface area (Å²) in [5.41, 5.74) is 1.71. The van der Waals surface area contributed by atoms with E-state index in [4.69, 9.17) is 0 Å². The molecule has 1 atom stereocenters. The summed E-state index contributed by atoms with van der Waals surface area (Å²) in [6.45, 7) is 1.65. The van der Waals surface area contributed by atoms with Crippen molar-refractivity contribution in [1.82, 2.24) is 10.2 Å². The summed E-state index contributed by atoms with van der Waals surface area (Å²) in [7, 11) is 0. The number of alkyl halides is 3. The van der Waals surface area contributed by atoms with Gasteiger partial charge in [-0.2, -0.15) is 0 Å². The van der Waals surface area contributed by atoms with Gasteiger partial charge in [-0.15, -0.1) is 23.4 Å². The second kappa shape index (κ2) is 9.27. The highest BCUT2D eigenvalue weighted by Gasteiger charge is 2.31. The van der Waals surface area contributed by atoms with Gasteiger partial charge in [0.2, 0.25) is 16.9 Å². The van der Waals surface area contributed by atoms with E-state index in [1.54, 1.807) is 31.2 Å². The fraction of sp³-hybridized carbons (Fsp3) is 0.200. The monoisotopic (exact) mass is 495 g/mol. The second-order valence-corrected chi connectivity index (χ2v) is 9.39. The van der Waals surface area contributed by atoms with Gasteiger partial charge in [0.15, 0.2) is 4.34 Å². The average Bonchev–Trinajstić information content (AvgIpc) is 3.19. The van der Waals surface area contributed by atoms with Gasteiger partial charge in [0.05, 0.1) is 16.6 Å². The first-order valence-corrected chi connectivity index (χ1v) is 11.2. The molecule has 0 saturated heterocycles. The molecule has 0 spiro atoms. The van der Waals surface area contributed by atoms with Crippen LogP contribution in [-0.4, -0.2) is 40.2 Å². The van der Waals surface area contributed by atoms with Gasteiger partial charge in [0, 0.05) is 5.69 Å². The van der Waals surface area contributed by atoms with Crippen LogP contribution in [0.3, 0.4) is 0 Å². The van der Waals surface area contributed by atoms with E-state index < -0.39 is 11.6 Å². The smallest absolute Gasteiger partial charge is 0.406 e. The molecule has 1 aliphatic rings. The Hall–Kier alpha value is -3.32. The van der Waals surface area contributed by atoms with E-state index >= 15 is 0 Å². The van der Waals surface area contributed by atoms with Gasteiger partial charge >= 0.3 is 6.36 Å². The van der Waals surface area contributed by atoms with Gasteiger partial charge < -0.3 is 15.4 Å². The predicted molar refractivity (Wildman–Crippen MR) is 119 cm³/mol. The van der Waals surface area contributed by atoms with Crippen LogP contribution in [0.4, 0.5) is 35.4 Å². The number of hydrogen-bond donors (Lipinski definition) is 2. The number of nitrogens with zero attached hydrogens (tertiary/aromatic N) is 3. The molecule has 2 N–H and O–H groups in total. The molecule has 0 saturated carbocycles. The van der Waals surface area contributed by atoms with Crippen LogP contribution in [-0.2, 0) is 9.59 Å². The summed E-state index contributed by atoms with van der Waals surface area (Å²) >= 11 is 2.39. The van der Waals surface area contributed by atoms with Gasteiger partial charge in [-0.3, -0.25) is 14.5 Å². The number of anilines is 4. The molecule has 0 radical (unpaired) electrons. The van der Waals surface area contributed by atoms with E-state index in [2.05, 4.69) is 25.6 Å². The molecule has 4 rings (SSSR count). The normalized spacial score (nSPS) is 14.3. The highest BCUT2D eigenvalue weighted by molar-refractivity contribution is 8.02. The number of para-hydroxylation sites is 2. The van der Waals surface area contributed by atoms with Crippen LogP contribution in [0.5, 0.6) is 5.75 Å². The van der Waals surface area contributed by atoms with E-state index in [1.165, 1.54) is 52.3 Å². The topological polar surface area (TPSA) is 96.5 Å². The largest absolute Gasteiger partial charge is 0.573 e. The molecule has 8 nitrogen and oxygen atoms in total. The Morgan fingerprint density at radius 3 is 2.67 bits per heavy atom. The summed E-state index contributed by atoms with van der Waals surface area (Å²) in [5.74, 6) is -0.845. The third-order valence-corrected chi connectivity index (χ3v) is 6.42. The molecule has 0 aliphatic carbocycles. The minimum atomic E-state index is -4.76. The maximum absolute atomic E-state index is 13.0. The van der Waals surface area contributed by atoms with Crippen molar-refractivity contribution < 1.29 is 27.5 Å². The Kier molecular flexibility index (Phi) is 6.42. The summed E-state index contributed by atoms with van der Waals surface area (Å²) in [5, 5.41) is 13.6. The lowest BCUT2D eigenvalue weighted by atomic mass is 10.2. The molecule has 172 valence electrons. The maximum Gasteiger partial charge on any atom is 0.573 e. The van der Waals surface area contributed by atoms with Crippen molar-refractivity contribution in [1.29, 1.82) is 0 Å². The Labute approximate surface area is 194 Å². The van der Waals surface area contributed by atoms with Crippen molar-refractivity contribution in [2.75, 3.05) is 22.1 Å². The number of rotatable bonds is 6. The van der Waals surface area contributed by atoms with Crippen molar-refractivity contribution >= 4 is 57.1 Å². The fourth-order valence-electron chi connectivity index (χ4n) is 3.02. The molecule has 2 amide bonds. The summed E-state index contributed by atoms with van der Waals surface area (Å²) in [4.78, 5) is 26.4. The molecular weight excluding hydrogens is 479 g/mol. The number of benzene rings is 2. The molecule has 13 heteroatoms. The molecule has 0 fully saturated rings. The van der Waals surface area contributed by atoms with E-state index in [-0.39, 0.29) is 24.1 Å². The standard InChI is InChI=1S/C20H16F3N5O3S2/c1-11(17(30)28-10-16(29)25-14-4-2-3-5-15(14)28)32-19-27-26-18(33-19)24-12-6-8-13(9-7-12)31-20(21,22)23/h2-9,11H,10H2,1H3,(H,24,26)(H,25,29). The van der Waals surface area contributed by atoms with E-state index in [0.717, 1.165) is 0 Å². The molecule has 1 aromatic heterocycles. The van der Waals surface area contributed by atoms with Crippen LogP contribution in [0.2, 0.25) is 0 Å². The Balaban J connectivity index is 1.38. The van der Waals surface area contributed by atoms with Crippen LogP contribution in [0.25, 0.3) is 0 Å². The highest BCUT2D eigenvalue weighted by atomic mass is 32.2. The molecule has 1 aliphatic heterocycles. The minimum Gasteiger partial charge on any atom is -0.406 e. The molecule has 2 heterocycles. The Morgan fingerprint density at radius 2 is 1.94 bits per heavy atom. The molecule has 0 bridgehead atoms. The summed E-state index contributed by atoms with van der Waals surface area (Å²) < 4.78 is 41.1. The number of halogens is 3. The van der Waals surface area contributed by atoms with Crippen LogP contribution >= 0.6 is 23.1 Å². The first-order valence-electron chi connectivity index (χ1n) is 9.51. The van der Waals surface area contributed by atoms with Crippen molar-refractivity contribution in [3.05, 3.63) is 48.5 Å². The SMILES string of the molecule is CC(Sc1nnc(Nc2ccc(OC(F)(F)F)cc2)s1)C(=O)N1CC(=O)Nc2ccccc21. The predicted octanol–water partition coefficient (Wildman–Crippen LogP) is 4.65. The van der Waals surface area contributed by atoms with Crippen molar-refractivity contribution in [3.8, 4) is 5.75 Å². The third-order valence-electron chi connectivity index (χ3n) is 4.41. The van der Waals surface area contributed by atoms with E-state index in [9.17, 15) is 22.8 Å². The number of nitrogens with one attached hydrogen (secondary N) is 2. The van der Waals surface area contributed by atoms with Gasteiger partial charge in [-0.05, 0) is 43.3 Å². The minimum absolute atomic E-state index is 0.0717. The number of ether oxygens (including phenoxy) is 1. The zero-order chi connectivity index (χ0) is 23.6. The summed E-state index contributed by atoms with van der Waals surface area (Å²) in [6, 6.07) is 12.3. The van der Waals surface area contributed by atoms with Gasteiger partial charge in [-0.25, -0.2) is 0 Å². The van der Waals surface area contributed by atoms with Gasteiger partial charge in [-0.1, -0.05) is 35.2 Å². The van der Waals surface area contributed by atoms with Crippen LogP contribution in [0, 0.1) is 0 Å². The number of carbonyl (C=O) groups is 2. The average molecular weight is 496 g/mol. The molecule has 3 aromatic rings. The van der Waals surface area contributed by atoms with E-state index in [0.29, 0.717) is 26.5 Å². The zero-order valence-corrected chi connectivity index (χ0v) is 18.6. The lowest BCUT2D eigenvalue weighted by Gasteiger charge is -2.30. The molecular formula is C20H16F3N5O3S2. The highest BCUT2D eigenvalue weighted by Crippen LogP contribution is 2.34. The molecule has 1 unspecified atom stereocenters. The zero-order valence-electron chi connectivity index (χ0n) is 16.9. The van der Waals surface area contributed by atoms with Crippen molar-refractivity contribution in [2.45, 2.75) is 22.9 Å². The maximum atomic E-state index is 13.0. The number of hydrogen-bond acceptors (Lipinski definition) is 8. The third kappa shape index (κ3) is 5.73. The first kappa shape index (κ1) is 22.9. The Bertz CT molecular complexity index is 1170. The van der Waals surface area contributed by atoms with E-state index in [1.807, 2.05) is 0 Å². The van der Waals surface area contributed by atoms with Crippen molar-refractivity contribution in [3.63, 3.8) is 0 Å². The number of fused-ring (bicyclic) bond motifs is 1. The quantitative estimate of drug-likeness (QED) is 0.481. The lowest BCUT2D eigenvalue weighted by Crippen LogP contribution is -2.45. The van der Waals surface area contributed by atoms with Crippen LogP contribution in [0.1, 0.15) is 6.92 Å². The van der Waals surface area contributed by atoms with Gasteiger partial charge in [0.25, 0.3) is 0 Å². The number of aromatic nitrogens is 2. The Morgan fingerprint density at radius 1 is 1.21 bits per heavy atom.